The third-order valence-electron chi connectivity index (χ3n) is 5.86. The monoisotopic (exact) mass is 425 g/mol. The summed E-state index contributed by atoms with van der Waals surface area (Å²) in [6, 6.07) is 17.5. The van der Waals surface area contributed by atoms with E-state index in [1.54, 1.807) is 0 Å². The maximum atomic E-state index is 13.0. The molecule has 1 fully saturated rings. The zero-order chi connectivity index (χ0) is 21.1. The fourth-order valence-electron chi connectivity index (χ4n) is 4.36. The predicted octanol–water partition coefficient (Wildman–Crippen LogP) is 3.23. The van der Waals surface area contributed by atoms with Crippen LogP contribution < -0.4 is 5.32 Å². The molecule has 2 atom stereocenters. The van der Waals surface area contributed by atoms with Gasteiger partial charge in [-0.1, -0.05) is 55.0 Å². The van der Waals surface area contributed by atoms with E-state index in [1.165, 1.54) is 10.6 Å². The lowest BCUT2D eigenvalue weighted by molar-refractivity contribution is -0.125. The van der Waals surface area contributed by atoms with Crippen molar-refractivity contribution in [3.8, 4) is 0 Å². The molecule has 1 aliphatic rings. The number of benzene rings is 2. The Kier molecular flexibility index (Phi) is 5.92. The standard InChI is InChI=1S/C23H27N3O3S/c1-30(28,29)26-14-8-7-13-22(26)23(27)25-15-19(17-9-3-2-4-10-17)20-16-24-21-12-6-5-11-18(20)21/h2-6,9-12,16,19,22,24H,7-8,13-15H2,1H3,(H,25,27)/t19-,22+/m1/s1. The van der Waals surface area contributed by atoms with Crippen LogP contribution in [0.4, 0.5) is 0 Å². The van der Waals surface area contributed by atoms with Gasteiger partial charge in [0.2, 0.25) is 15.9 Å². The van der Waals surface area contributed by atoms with E-state index in [9.17, 15) is 13.2 Å². The number of aromatic nitrogens is 1. The Morgan fingerprint density at radius 2 is 1.87 bits per heavy atom. The number of nitrogens with one attached hydrogen (secondary N) is 2. The van der Waals surface area contributed by atoms with E-state index in [0.29, 0.717) is 19.5 Å². The molecule has 1 amide bonds. The zero-order valence-electron chi connectivity index (χ0n) is 17.0. The second kappa shape index (κ2) is 8.62. The van der Waals surface area contributed by atoms with Crippen LogP contribution >= 0.6 is 0 Å². The molecular formula is C23H27N3O3S. The molecule has 2 heterocycles. The number of carbonyl (C=O) groups excluding carboxylic acids is 1. The van der Waals surface area contributed by atoms with Crippen LogP contribution in [0.2, 0.25) is 0 Å². The van der Waals surface area contributed by atoms with Gasteiger partial charge in [-0.05, 0) is 30.0 Å². The van der Waals surface area contributed by atoms with Crippen LogP contribution in [-0.4, -0.2) is 49.0 Å². The summed E-state index contributed by atoms with van der Waals surface area (Å²) in [5.74, 6) is -0.262. The van der Waals surface area contributed by atoms with E-state index in [0.717, 1.165) is 34.9 Å². The van der Waals surface area contributed by atoms with Crippen molar-refractivity contribution in [2.24, 2.45) is 0 Å². The highest BCUT2D eigenvalue weighted by Gasteiger charge is 2.34. The summed E-state index contributed by atoms with van der Waals surface area (Å²) in [4.78, 5) is 16.3. The Labute approximate surface area is 177 Å². The van der Waals surface area contributed by atoms with E-state index >= 15 is 0 Å². The van der Waals surface area contributed by atoms with Gasteiger partial charge < -0.3 is 10.3 Å². The molecule has 158 valence electrons. The van der Waals surface area contributed by atoms with Crippen molar-refractivity contribution in [3.63, 3.8) is 0 Å². The average Bonchev–Trinajstić information content (AvgIpc) is 3.18. The molecule has 1 saturated heterocycles. The van der Waals surface area contributed by atoms with Gasteiger partial charge in [0.1, 0.15) is 6.04 Å². The van der Waals surface area contributed by atoms with Gasteiger partial charge in [0.25, 0.3) is 0 Å². The third kappa shape index (κ3) is 4.27. The van der Waals surface area contributed by atoms with Gasteiger partial charge in [-0.25, -0.2) is 8.42 Å². The summed E-state index contributed by atoms with van der Waals surface area (Å²) in [5, 5.41) is 4.17. The molecule has 0 unspecified atom stereocenters. The molecule has 0 saturated carbocycles. The lowest BCUT2D eigenvalue weighted by atomic mass is 9.90. The number of aromatic amines is 1. The summed E-state index contributed by atoms with van der Waals surface area (Å²) < 4.78 is 25.6. The molecule has 30 heavy (non-hydrogen) atoms. The van der Waals surface area contributed by atoms with Crippen LogP contribution in [0.5, 0.6) is 0 Å². The molecule has 7 heteroatoms. The van der Waals surface area contributed by atoms with Gasteiger partial charge in [0.15, 0.2) is 0 Å². The summed E-state index contributed by atoms with van der Waals surface area (Å²) in [6.45, 7) is 0.806. The van der Waals surface area contributed by atoms with Gasteiger partial charge in [0, 0.05) is 36.1 Å². The Hall–Kier alpha value is -2.64. The van der Waals surface area contributed by atoms with Crippen molar-refractivity contribution in [2.45, 2.75) is 31.2 Å². The van der Waals surface area contributed by atoms with E-state index in [4.69, 9.17) is 0 Å². The Morgan fingerprint density at radius 3 is 2.63 bits per heavy atom. The first-order valence-corrected chi connectivity index (χ1v) is 12.2. The van der Waals surface area contributed by atoms with Crippen LogP contribution in [-0.2, 0) is 14.8 Å². The van der Waals surface area contributed by atoms with E-state index < -0.39 is 16.1 Å². The maximum Gasteiger partial charge on any atom is 0.238 e. The fraction of sp³-hybridized carbons (Fsp3) is 0.348. The van der Waals surface area contributed by atoms with E-state index in [-0.39, 0.29) is 11.8 Å². The SMILES string of the molecule is CS(=O)(=O)N1CCCC[C@H]1C(=O)NC[C@H](c1ccccc1)c1c[nH]c2ccccc12. The van der Waals surface area contributed by atoms with Crippen molar-refractivity contribution in [1.82, 2.24) is 14.6 Å². The fourth-order valence-corrected chi connectivity index (χ4v) is 5.48. The highest BCUT2D eigenvalue weighted by molar-refractivity contribution is 7.88. The van der Waals surface area contributed by atoms with Gasteiger partial charge in [0.05, 0.1) is 6.26 Å². The Morgan fingerprint density at radius 1 is 1.13 bits per heavy atom. The quantitative estimate of drug-likeness (QED) is 0.636. The molecule has 0 spiro atoms. The number of hydrogen-bond donors (Lipinski definition) is 2. The third-order valence-corrected chi connectivity index (χ3v) is 7.15. The average molecular weight is 426 g/mol. The number of H-pyrrole nitrogens is 1. The molecule has 6 nitrogen and oxygen atoms in total. The largest absolute Gasteiger partial charge is 0.361 e. The molecule has 4 rings (SSSR count). The molecule has 1 aliphatic heterocycles. The smallest absolute Gasteiger partial charge is 0.238 e. The summed E-state index contributed by atoms with van der Waals surface area (Å²) >= 11 is 0. The van der Waals surface area contributed by atoms with Crippen LogP contribution in [0.15, 0.2) is 60.8 Å². The zero-order valence-corrected chi connectivity index (χ0v) is 17.9. The first-order valence-electron chi connectivity index (χ1n) is 10.3. The minimum atomic E-state index is -3.42. The Balaban J connectivity index is 1.59. The number of carbonyl (C=O) groups is 1. The lowest BCUT2D eigenvalue weighted by Gasteiger charge is -2.33. The van der Waals surface area contributed by atoms with Gasteiger partial charge >= 0.3 is 0 Å². The van der Waals surface area contributed by atoms with Gasteiger partial charge in [-0.2, -0.15) is 4.31 Å². The summed E-state index contributed by atoms with van der Waals surface area (Å²) in [5.41, 5.74) is 3.27. The van der Waals surface area contributed by atoms with E-state index in [1.807, 2.05) is 42.6 Å². The molecule has 3 aromatic rings. The molecule has 1 aromatic heterocycles. The topological polar surface area (TPSA) is 82.3 Å². The van der Waals surface area contributed by atoms with Crippen molar-refractivity contribution in [3.05, 3.63) is 71.9 Å². The number of rotatable bonds is 6. The van der Waals surface area contributed by atoms with Gasteiger partial charge in [-0.3, -0.25) is 4.79 Å². The van der Waals surface area contributed by atoms with Crippen molar-refractivity contribution in [2.75, 3.05) is 19.3 Å². The molecule has 0 aliphatic carbocycles. The molecular weight excluding hydrogens is 398 g/mol. The van der Waals surface area contributed by atoms with Crippen molar-refractivity contribution < 1.29 is 13.2 Å². The normalized spacial score (nSPS) is 18.9. The number of sulfonamides is 1. The maximum absolute atomic E-state index is 13.0. The second-order valence-corrected chi connectivity index (χ2v) is 9.82. The lowest BCUT2D eigenvalue weighted by Crippen LogP contribution is -2.52. The first kappa shape index (κ1) is 20.6. The molecule has 2 N–H and O–H groups in total. The van der Waals surface area contributed by atoms with Crippen LogP contribution in [0.25, 0.3) is 10.9 Å². The van der Waals surface area contributed by atoms with Crippen LogP contribution in [0.3, 0.4) is 0 Å². The predicted molar refractivity (Wildman–Crippen MR) is 119 cm³/mol. The Bertz CT molecular complexity index is 1120. The minimum Gasteiger partial charge on any atom is -0.361 e. The van der Waals surface area contributed by atoms with Gasteiger partial charge in [-0.15, -0.1) is 0 Å². The molecule has 2 aromatic carbocycles. The molecule has 0 radical (unpaired) electrons. The minimum absolute atomic E-state index is 0.0402. The van der Waals surface area contributed by atoms with Crippen molar-refractivity contribution >= 4 is 26.8 Å². The number of nitrogens with zero attached hydrogens (tertiary/aromatic N) is 1. The number of fused-ring (bicyclic) bond motifs is 1. The van der Waals surface area contributed by atoms with Crippen LogP contribution in [0, 0.1) is 0 Å². The number of para-hydroxylation sites is 1. The highest BCUT2D eigenvalue weighted by Crippen LogP contribution is 2.30. The molecule has 0 bridgehead atoms. The summed E-state index contributed by atoms with van der Waals surface area (Å²) in [7, 11) is -3.42. The van der Waals surface area contributed by atoms with Crippen LogP contribution in [0.1, 0.15) is 36.3 Å². The number of amides is 1. The first-order chi connectivity index (χ1) is 14.4. The number of hydrogen-bond acceptors (Lipinski definition) is 3. The number of piperidine rings is 1. The second-order valence-electron chi connectivity index (χ2n) is 7.88. The van der Waals surface area contributed by atoms with Crippen molar-refractivity contribution in [1.29, 1.82) is 0 Å². The summed E-state index contributed by atoms with van der Waals surface area (Å²) in [6.07, 6.45) is 5.38. The van der Waals surface area contributed by atoms with E-state index in [2.05, 4.69) is 28.5 Å². The highest BCUT2D eigenvalue weighted by atomic mass is 32.2.